The van der Waals surface area contributed by atoms with Gasteiger partial charge in [0.1, 0.15) is 0 Å². The highest BCUT2D eigenvalue weighted by Crippen LogP contribution is 2.39. The van der Waals surface area contributed by atoms with Gasteiger partial charge in [0.25, 0.3) is 0 Å². The minimum absolute atomic E-state index is 0.201. The van der Waals surface area contributed by atoms with Gasteiger partial charge in [0.2, 0.25) is 0 Å². The minimum atomic E-state index is -0.829. The fraction of sp³-hybridized carbons (Fsp3) is 0.571. The maximum absolute atomic E-state index is 12.4. The molecule has 0 saturated carbocycles. The molecule has 1 heterocycles. The van der Waals surface area contributed by atoms with Crippen LogP contribution in [0.15, 0.2) is 17.0 Å². The van der Waals surface area contributed by atoms with Crippen LogP contribution in [0.25, 0.3) is 0 Å². The van der Waals surface area contributed by atoms with E-state index in [4.69, 9.17) is 0 Å². The van der Waals surface area contributed by atoms with E-state index in [9.17, 15) is 4.21 Å². The fourth-order valence-electron chi connectivity index (χ4n) is 3.11. The number of nitrogens with one attached hydrogen (secondary N) is 1. The van der Waals surface area contributed by atoms with Gasteiger partial charge in [-0.3, -0.25) is 4.21 Å². The Morgan fingerprint density at radius 3 is 2.76 bits per heavy atom. The maximum Gasteiger partial charge on any atom is 0.0580 e. The van der Waals surface area contributed by atoms with Crippen LogP contribution in [0, 0.1) is 0 Å². The monoisotopic (exact) mass is 249 g/mol. The molecule has 1 aliphatic heterocycles. The molecule has 2 nitrogen and oxygen atoms in total. The third kappa shape index (κ3) is 1.67. The highest BCUT2D eigenvalue weighted by molar-refractivity contribution is 7.86. The van der Waals surface area contributed by atoms with Gasteiger partial charge in [-0.1, -0.05) is 13.0 Å². The SMILES string of the molecule is CCNC1c2cc3c(cc2S(=O)C1C)CCC3. The topological polar surface area (TPSA) is 29.1 Å². The van der Waals surface area contributed by atoms with E-state index in [1.165, 1.54) is 36.0 Å². The molecule has 3 rings (SSSR count). The first-order valence-electron chi connectivity index (χ1n) is 6.52. The smallest absolute Gasteiger partial charge is 0.0580 e. The van der Waals surface area contributed by atoms with Crippen LogP contribution in [0.3, 0.4) is 0 Å². The molecule has 0 fully saturated rings. The van der Waals surface area contributed by atoms with Crippen molar-refractivity contribution < 1.29 is 4.21 Å². The standard InChI is InChI=1S/C14H19NOS/c1-3-15-14-9(2)17(16)13-8-11-6-4-5-10(11)7-12(13)14/h7-9,14-15H,3-6H2,1-2H3. The van der Waals surface area contributed by atoms with E-state index in [0.29, 0.717) is 0 Å². The first-order valence-corrected chi connectivity index (χ1v) is 7.73. The van der Waals surface area contributed by atoms with Crippen molar-refractivity contribution in [3.05, 3.63) is 28.8 Å². The van der Waals surface area contributed by atoms with E-state index >= 15 is 0 Å². The van der Waals surface area contributed by atoms with Crippen molar-refractivity contribution in [3.63, 3.8) is 0 Å². The second-order valence-corrected chi connectivity index (χ2v) is 6.83. The lowest BCUT2D eigenvalue weighted by atomic mass is 9.99. The first-order chi connectivity index (χ1) is 8.22. The van der Waals surface area contributed by atoms with Gasteiger partial charge in [0.05, 0.1) is 16.0 Å². The Bertz CT molecular complexity index is 483. The van der Waals surface area contributed by atoms with Crippen LogP contribution in [-0.2, 0) is 23.6 Å². The van der Waals surface area contributed by atoms with E-state index in [-0.39, 0.29) is 11.3 Å². The van der Waals surface area contributed by atoms with Gasteiger partial charge in [-0.05, 0) is 55.5 Å². The molecular weight excluding hydrogens is 230 g/mol. The van der Waals surface area contributed by atoms with Crippen LogP contribution in [0.1, 0.15) is 43.0 Å². The molecule has 3 unspecified atom stereocenters. The van der Waals surface area contributed by atoms with Gasteiger partial charge < -0.3 is 5.32 Å². The summed E-state index contributed by atoms with van der Waals surface area (Å²) in [5.74, 6) is 0. The lowest BCUT2D eigenvalue weighted by Gasteiger charge is -2.16. The summed E-state index contributed by atoms with van der Waals surface area (Å²) < 4.78 is 12.4. The summed E-state index contributed by atoms with van der Waals surface area (Å²) in [5.41, 5.74) is 4.21. The van der Waals surface area contributed by atoms with E-state index < -0.39 is 10.8 Å². The molecule has 17 heavy (non-hydrogen) atoms. The Hall–Kier alpha value is -0.670. The maximum atomic E-state index is 12.4. The Morgan fingerprint density at radius 2 is 2.06 bits per heavy atom. The molecule has 1 aliphatic carbocycles. The molecule has 0 radical (unpaired) electrons. The number of benzene rings is 1. The quantitative estimate of drug-likeness (QED) is 0.871. The predicted octanol–water partition coefficient (Wildman–Crippen LogP) is 2.34. The molecule has 0 bridgehead atoms. The van der Waals surface area contributed by atoms with Crippen LogP contribution in [0.4, 0.5) is 0 Å². The average molecular weight is 249 g/mol. The molecule has 2 aliphatic rings. The molecule has 0 amide bonds. The highest BCUT2D eigenvalue weighted by atomic mass is 32.2. The molecule has 3 atom stereocenters. The van der Waals surface area contributed by atoms with E-state index in [2.05, 4.69) is 31.3 Å². The van der Waals surface area contributed by atoms with E-state index in [1.807, 2.05) is 0 Å². The summed E-state index contributed by atoms with van der Waals surface area (Å²) in [5, 5.41) is 3.68. The van der Waals surface area contributed by atoms with Crippen LogP contribution in [0.5, 0.6) is 0 Å². The molecule has 1 aromatic carbocycles. The summed E-state index contributed by atoms with van der Waals surface area (Å²) in [6, 6.07) is 4.80. The predicted molar refractivity (Wildman–Crippen MR) is 70.8 cm³/mol. The molecule has 0 spiro atoms. The van der Waals surface area contributed by atoms with Crippen LogP contribution < -0.4 is 5.32 Å². The highest BCUT2D eigenvalue weighted by Gasteiger charge is 2.36. The Kier molecular flexibility index (Phi) is 2.83. The van der Waals surface area contributed by atoms with Crippen molar-refractivity contribution in [2.24, 2.45) is 0 Å². The van der Waals surface area contributed by atoms with Gasteiger partial charge in [0, 0.05) is 10.9 Å². The molecule has 0 saturated heterocycles. The summed E-state index contributed by atoms with van der Waals surface area (Å²) in [7, 11) is -0.829. The zero-order chi connectivity index (χ0) is 12.0. The summed E-state index contributed by atoms with van der Waals surface area (Å²) in [4.78, 5) is 1.09. The lowest BCUT2D eigenvalue weighted by molar-refractivity contribution is 0.546. The molecule has 0 aromatic heterocycles. The third-order valence-corrected chi connectivity index (χ3v) is 5.74. The molecule has 92 valence electrons. The molecule has 3 heteroatoms. The average Bonchev–Trinajstić information content (AvgIpc) is 2.87. The zero-order valence-electron chi connectivity index (χ0n) is 10.5. The number of hydrogen-bond donors (Lipinski definition) is 1. The third-order valence-electron chi connectivity index (χ3n) is 4.01. The van der Waals surface area contributed by atoms with Crippen molar-refractivity contribution in [1.82, 2.24) is 5.32 Å². The summed E-state index contributed by atoms with van der Waals surface area (Å²) in [6.07, 6.45) is 3.62. The number of hydrogen-bond acceptors (Lipinski definition) is 2. The second kappa shape index (κ2) is 4.21. The summed E-state index contributed by atoms with van der Waals surface area (Å²) >= 11 is 0. The minimum Gasteiger partial charge on any atom is -0.309 e. The lowest BCUT2D eigenvalue weighted by Crippen LogP contribution is -2.27. The van der Waals surface area contributed by atoms with Crippen LogP contribution >= 0.6 is 0 Å². The van der Waals surface area contributed by atoms with Gasteiger partial charge in [-0.25, -0.2) is 0 Å². The second-order valence-electron chi connectivity index (χ2n) is 5.05. The normalized spacial score (nSPS) is 30.4. The van der Waals surface area contributed by atoms with Crippen molar-refractivity contribution in [3.8, 4) is 0 Å². The van der Waals surface area contributed by atoms with Crippen LogP contribution in [0.2, 0.25) is 0 Å². The van der Waals surface area contributed by atoms with Crippen molar-refractivity contribution in [1.29, 1.82) is 0 Å². The summed E-state index contributed by atoms with van der Waals surface area (Å²) in [6.45, 7) is 5.14. The van der Waals surface area contributed by atoms with Gasteiger partial charge >= 0.3 is 0 Å². The van der Waals surface area contributed by atoms with Gasteiger partial charge in [-0.2, -0.15) is 0 Å². The largest absolute Gasteiger partial charge is 0.309 e. The molecule has 1 N–H and O–H groups in total. The van der Waals surface area contributed by atoms with Crippen molar-refractivity contribution >= 4 is 10.8 Å². The van der Waals surface area contributed by atoms with Crippen molar-refractivity contribution in [2.75, 3.05) is 6.54 Å². The Balaban J connectivity index is 2.09. The molecular formula is C14H19NOS. The fourth-order valence-corrected chi connectivity index (χ4v) is 4.68. The Labute approximate surface area is 105 Å². The van der Waals surface area contributed by atoms with E-state index in [1.54, 1.807) is 0 Å². The van der Waals surface area contributed by atoms with Crippen LogP contribution in [-0.4, -0.2) is 16.0 Å². The van der Waals surface area contributed by atoms with Crippen molar-refractivity contribution in [2.45, 2.75) is 49.3 Å². The number of fused-ring (bicyclic) bond motifs is 2. The van der Waals surface area contributed by atoms with Gasteiger partial charge in [-0.15, -0.1) is 0 Å². The van der Waals surface area contributed by atoms with E-state index in [0.717, 1.165) is 11.4 Å². The first kappa shape index (κ1) is 11.4. The zero-order valence-corrected chi connectivity index (χ0v) is 11.3. The number of rotatable bonds is 2. The molecule has 1 aromatic rings. The number of aryl methyl sites for hydroxylation is 2. The van der Waals surface area contributed by atoms with Gasteiger partial charge in [0.15, 0.2) is 0 Å². The Morgan fingerprint density at radius 1 is 1.35 bits per heavy atom.